The average Bonchev–Trinajstić information content (AvgIpc) is 3.20. The van der Waals surface area contributed by atoms with E-state index in [1.165, 1.54) is 18.4 Å². The number of carbonyl (C=O) groups excluding carboxylic acids is 4. The summed E-state index contributed by atoms with van der Waals surface area (Å²) in [7, 11) is 1.41. The minimum Gasteiger partial charge on any atom is -0.382 e. The number of hydrogen-bond acceptors (Lipinski definition) is 7. The van der Waals surface area contributed by atoms with E-state index in [1.807, 2.05) is 13.8 Å². The van der Waals surface area contributed by atoms with E-state index in [-0.39, 0.29) is 24.9 Å². The van der Waals surface area contributed by atoms with Crippen LogP contribution in [0.1, 0.15) is 36.9 Å². The van der Waals surface area contributed by atoms with Crippen molar-refractivity contribution in [1.29, 1.82) is 0 Å². The van der Waals surface area contributed by atoms with Gasteiger partial charge in [-0.15, -0.1) is 11.3 Å². The summed E-state index contributed by atoms with van der Waals surface area (Å²) in [6.45, 7) is 5.58. The lowest BCUT2D eigenvalue weighted by Gasteiger charge is -2.22. The highest BCUT2D eigenvalue weighted by atomic mass is 32.1. The van der Waals surface area contributed by atoms with Gasteiger partial charge in [0.2, 0.25) is 11.8 Å². The normalized spacial score (nSPS) is 19.6. The van der Waals surface area contributed by atoms with E-state index in [4.69, 9.17) is 9.47 Å². The lowest BCUT2D eigenvalue weighted by atomic mass is 9.93. The predicted octanol–water partition coefficient (Wildman–Crippen LogP) is 0.498. The maximum atomic E-state index is 12.6. The fraction of sp³-hybridized carbons (Fsp3) is 0.600. The molecule has 3 amide bonds. The fourth-order valence-corrected chi connectivity index (χ4v) is 3.47. The molecule has 1 saturated heterocycles. The van der Waals surface area contributed by atoms with E-state index < -0.39 is 35.4 Å². The van der Waals surface area contributed by atoms with Crippen LogP contribution in [0, 0.1) is 5.92 Å². The highest BCUT2D eigenvalue weighted by Gasteiger charge is 2.50. The van der Waals surface area contributed by atoms with Gasteiger partial charge in [-0.05, 0) is 30.7 Å². The van der Waals surface area contributed by atoms with Crippen LogP contribution in [0.25, 0.3) is 0 Å². The molecule has 0 saturated carbocycles. The van der Waals surface area contributed by atoms with Crippen molar-refractivity contribution in [3.63, 3.8) is 0 Å². The van der Waals surface area contributed by atoms with Crippen LogP contribution < -0.4 is 16.0 Å². The zero-order valence-corrected chi connectivity index (χ0v) is 18.5. The quantitative estimate of drug-likeness (QED) is 0.407. The molecule has 0 spiro atoms. The van der Waals surface area contributed by atoms with Crippen molar-refractivity contribution in [3.8, 4) is 0 Å². The van der Waals surface area contributed by atoms with Crippen LogP contribution in [-0.4, -0.2) is 68.1 Å². The fourth-order valence-electron chi connectivity index (χ4n) is 2.84. The van der Waals surface area contributed by atoms with Gasteiger partial charge in [0.25, 0.3) is 5.91 Å². The first kappa shape index (κ1) is 24.0. The summed E-state index contributed by atoms with van der Waals surface area (Å²) in [6.07, 6.45) is 0.473. The molecule has 1 aromatic heterocycles. The van der Waals surface area contributed by atoms with Crippen LogP contribution in [0.4, 0.5) is 0 Å². The van der Waals surface area contributed by atoms with E-state index in [2.05, 4.69) is 16.0 Å². The molecule has 0 aromatic carbocycles. The zero-order chi connectivity index (χ0) is 22.3. The first-order valence-corrected chi connectivity index (χ1v) is 10.6. The third-order valence-electron chi connectivity index (χ3n) is 4.58. The molecule has 30 heavy (non-hydrogen) atoms. The van der Waals surface area contributed by atoms with Gasteiger partial charge < -0.3 is 25.4 Å². The number of thiophene rings is 1. The van der Waals surface area contributed by atoms with Gasteiger partial charge in [0.05, 0.1) is 30.7 Å². The van der Waals surface area contributed by atoms with Crippen LogP contribution in [0.2, 0.25) is 0 Å². The largest absolute Gasteiger partial charge is 0.382 e. The third kappa shape index (κ3) is 6.89. The standard InChI is InChI=1S/C20H29N3O6S/c1-12(2)8-13(17(25)20(3)11-29-20)22-16(24)9-21-18(26)14(10-28-4)23-19(27)15-6-5-7-30-15/h5-7,12-14H,8-11H2,1-4H3,(H,21,26)(H,22,24)(H,23,27)/t13?,14-,20+/m0/s1. The molecular weight excluding hydrogens is 410 g/mol. The molecule has 10 heteroatoms. The Morgan fingerprint density at radius 3 is 2.47 bits per heavy atom. The maximum Gasteiger partial charge on any atom is 0.262 e. The molecule has 2 rings (SSSR count). The SMILES string of the molecule is COC[C@H](NC(=O)c1cccs1)C(=O)NCC(=O)NC(CC(C)C)C(=O)[C@@]1(C)CO1. The van der Waals surface area contributed by atoms with Gasteiger partial charge in [0, 0.05) is 7.11 Å². The van der Waals surface area contributed by atoms with Crippen LogP contribution >= 0.6 is 11.3 Å². The van der Waals surface area contributed by atoms with Crippen molar-refractivity contribution in [2.75, 3.05) is 26.9 Å². The molecule has 166 valence electrons. The molecule has 0 aliphatic carbocycles. The predicted molar refractivity (Wildman–Crippen MR) is 111 cm³/mol. The summed E-state index contributed by atoms with van der Waals surface area (Å²) >= 11 is 1.25. The smallest absolute Gasteiger partial charge is 0.262 e. The molecular formula is C20H29N3O6S. The van der Waals surface area contributed by atoms with Crippen LogP contribution in [0.3, 0.4) is 0 Å². The topological polar surface area (TPSA) is 126 Å². The van der Waals surface area contributed by atoms with E-state index >= 15 is 0 Å². The first-order chi connectivity index (χ1) is 14.2. The monoisotopic (exact) mass is 439 g/mol. The van der Waals surface area contributed by atoms with Gasteiger partial charge in [-0.2, -0.15) is 0 Å². The molecule has 3 atom stereocenters. The Labute approximate surface area is 179 Å². The van der Waals surface area contributed by atoms with Crippen molar-refractivity contribution < 1.29 is 28.7 Å². The van der Waals surface area contributed by atoms with Gasteiger partial charge in [0.15, 0.2) is 5.78 Å². The van der Waals surface area contributed by atoms with Crippen molar-refractivity contribution in [2.24, 2.45) is 5.92 Å². The van der Waals surface area contributed by atoms with E-state index in [1.54, 1.807) is 24.4 Å². The van der Waals surface area contributed by atoms with Crippen molar-refractivity contribution in [1.82, 2.24) is 16.0 Å². The average molecular weight is 440 g/mol. The number of nitrogens with one attached hydrogen (secondary N) is 3. The summed E-state index contributed by atoms with van der Waals surface area (Å²) in [6, 6.07) is 1.74. The van der Waals surface area contributed by atoms with Gasteiger partial charge >= 0.3 is 0 Å². The lowest BCUT2D eigenvalue weighted by molar-refractivity contribution is -0.131. The molecule has 1 aliphatic rings. The number of Topliss-reactive ketones (excluding diaryl/α,β-unsaturated/α-hetero) is 1. The molecule has 9 nitrogen and oxygen atoms in total. The van der Waals surface area contributed by atoms with Crippen molar-refractivity contribution >= 4 is 34.8 Å². The minimum atomic E-state index is -0.954. The lowest BCUT2D eigenvalue weighted by Crippen LogP contribution is -2.53. The molecule has 0 bridgehead atoms. The number of ketones is 1. The Morgan fingerprint density at radius 2 is 1.93 bits per heavy atom. The Balaban J connectivity index is 1.89. The molecule has 1 fully saturated rings. The summed E-state index contributed by atoms with van der Waals surface area (Å²) in [5, 5.41) is 9.51. The van der Waals surface area contributed by atoms with Gasteiger partial charge in [-0.25, -0.2) is 0 Å². The molecule has 1 aromatic rings. The van der Waals surface area contributed by atoms with Gasteiger partial charge in [-0.1, -0.05) is 19.9 Å². The Morgan fingerprint density at radius 1 is 1.23 bits per heavy atom. The highest BCUT2D eigenvalue weighted by Crippen LogP contribution is 2.29. The Kier molecular flexibility index (Phi) is 8.51. The van der Waals surface area contributed by atoms with Crippen LogP contribution in [0.5, 0.6) is 0 Å². The Hall–Kier alpha value is -2.30. The third-order valence-corrected chi connectivity index (χ3v) is 5.45. The number of ether oxygens (including phenoxy) is 2. The van der Waals surface area contributed by atoms with E-state index in [0.717, 1.165) is 0 Å². The minimum absolute atomic E-state index is 0.0469. The van der Waals surface area contributed by atoms with Crippen LogP contribution in [-0.2, 0) is 23.9 Å². The highest BCUT2D eigenvalue weighted by molar-refractivity contribution is 7.12. The molecule has 1 unspecified atom stereocenters. The number of methoxy groups -OCH3 is 1. The van der Waals surface area contributed by atoms with Crippen molar-refractivity contribution in [2.45, 2.75) is 44.9 Å². The molecule has 1 aliphatic heterocycles. The van der Waals surface area contributed by atoms with Crippen LogP contribution in [0.15, 0.2) is 17.5 Å². The summed E-state index contributed by atoms with van der Waals surface area (Å²) in [5.74, 6) is -1.42. The van der Waals surface area contributed by atoms with E-state index in [0.29, 0.717) is 17.9 Å². The summed E-state index contributed by atoms with van der Waals surface area (Å²) in [4.78, 5) is 50.0. The number of hydrogen-bond donors (Lipinski definition) is 3. The van der Waals surface area contributed by atoms with Gasteiger partial charge in [-0.3, -0.25) is 19.2 Å². The second kappa shape index (κ2) is 10.6. The number of amides is 3. The number of rotatable bonds is 12. The van der Waals surface area contributed by atoms with Crippen molar-refractivity contribution in [3.05, 3.63) is 22.4 Å². The second-order valence-electron chi connectivity index (χ2n) is 7.81. The van der Waals surface area contributed by atoms with Gasteiger partial charge in [0.1, 0.15) is 11.6 Å². The maximum absolute atomic E-state index is 12.6. The zero-order valence-electron chi connectivity index (χ0n) is 17.7. The number of carbonyl (C=O) groups is 4. The summed E-state index contributed by atoms with van der Waals surface area (Å²) < 4.78 is 10.2. The molecule has 2 heterocycles. The molecule has 3 N–H and O–H groups in total. The number of epoxide rings is 1. The first-order valence-electron chi connectivity index (χ1n) is 9.75. The van der Waals surface area contributed by atoms with E-state index in [9.17, 15) is 19.2 Å². The Bertz CT molecular complexity index is 761. The second-order valence-corrected chi connectivity index (χ2v) is 8.76. The molecule has 0 radical (unpaired) electrons. The summed E-state index contributed by atoms with van der Waals surface area (Å²) in [5.41, 5.74) is -0.842.